The fourth-order valence-corrected chi connectivity index (χ4v) is 4.98. The van der Waals surface area contributed by atoms with Crippen LogP contribution in [0.3, 0.4) is 0 Å². The Labute approximate surface area is 209 Å². The van der Waals surface area contributed by atoms with E-state index in [1.807, 2.05) is 50.2 Å². The van der Waals surface area contributed by atoms with Gasteiger partial charge in [0.25, 0.3) is 5.91 Å². The number of morpholine rings is 1. The molecular formula is C24H29Cl2N3O3S. The van der Waals surface area contributed by atoms with E-state index in [1.54, 1.807) is 4.90 Å². The summed E-state index contributed by atoms with van der Waals surface area (Å²) < 4.78 is 12.0. The van der Waals surface area contributed by atoms with Crippen molar-refractivity contribution in [2.24, 2.45) is 0 Å². The van der Waals surface area contributed by atoms with Gasteiger partial charge in [-0.15, -0.1) is 12.4 Å². The molecule has 1 aliphatic heterocycles. The Morgan fingerprint density at radius 2 is 1.94 bits per heavy atom. The number of thiazole rings is 1. The second kappa shape index (κ2) is 12.0. The van der Waals surface area contributed by atoms with Crippen molar-refractivity contribution >= 4 is 56.6 Å². The maximum absolute atomic E-state index is 13.5. The van der Waals surface area contributed by atoms with Crippen molar-refractivity contribution in [1.82, 2.24) is 9.88 Å². The molecule has 3 aromatic rings. The highest BCUT2D eigenvalue weighted by atomic mass is 35.5. The van der Waals surface area contributed by atoms with E-state index in [-0.39, 0.29) is 18.3 Å². The molecule has 0 N–H and O–H groups in total. The second-order valence-electron chi connectivity index (χ2n) is 7.74. The van der Waals surface area contributed by atoms with Gasteiger partial charge in [-0.2, -0.15) is 0 Å². The van der Waals surface area contributed by atoms with E-state index in [0.717, 1.165) is 60.8 Å². The van der Waals surface area contributed by atoms with Crippen LogP contribution in [-0.2, 0) is 4.74 Å². The molecule has 0 saturated carbocycles. The number of amides is 1. The van der Waals surface area contributed by atoms with Crippen LogP contribution in [0, 0.1) is 6.92 Å². The molecule has 1 saturated heterocycles. The monoisotopic (exact) mass is 509 g/mol. The molecule has 1 amide bonds. The van der Waals surface area contributed by atoms with Crippen LogP contribution in [0.1, 0.15) is 29.3 Å². The number of hydrogen-bond donors (Lipinski definition) is 0. The topological polar surface area (TPSA) is 54.9 Å². The van der Waals surface area contributed by atoms with Crippen molar-refractivity contribution in [1.29, 1.82) is 0 Å². The first-order valence-electron chi connectivity index (χ1n) is 11.0. The van der Waals surface area contributed by atoms with E-state index in [0.29, 0.717) is 28.9 Å². The average Bonchev–Trinajstić information content (AvgIpc) is 3.25. The van der Waals surface area contributed by atoms with Crippen molar-refractivity contribution in [3.8, 4) is 5.75 Å². The van der Waals surface area contributed by atoms with Gasteiger partial charge in [0.15, 0.2) is 5.13 Å². The van der Waals surface area contributed by atoms with Crippen molar-refractivity contribution in [3.63, 3.8) is 0 Å². The third-order valence-electron chi connectivity index (χ3n) is 5.58. The summed E-state index contributed by atoms with van der Waals surface area (Å²) in [5.41, 5.74) is 2.41. The Kier molecular flexibility index (Phi) is 9.35. The first-order chi connectivity index (χ1) is 15.6. The summed E-state index contributed by atoms with van der Waals surface area (Å²) in [4.78, 5) is 22.5. The Balaban J connectivity index is 0.00000306. The zero-order valence-electron chi connectivity index (χ0n) is 18.9. The normalized spacial score (nSPS) is 14.2. The maximum atomic E-state index is 13.5. The summed E-state index contributed by atoms with van der Waals surface area (Å²) in [7, 11) is 0. The van der Waals surface area contributed by atoms with Crippen LogP contribution in [0.15, 0.2) is 36.4 Å². The summed E-state index contributed by atoms with van der Waals surface area (Å²) >= 11 is 7.83. The van der Waals surface area contributed by atoms with Crippen LogP contribution in [0.25, 0.3) is 10.2 Å². The average molecular weight is 510 g/mol. The number of carbonyl (C=O) groups excluding carboxylic acids is 1. The molecule has 0 unspecified atom stereocenters. The fourth-order valence-electron chi connectivity index (χ4n) is 3.78. The van der Waals surface area contributed by atoms with Crippen LogP contribution in [0.5, 0.6) is 5.75 Å². The molecule has 4 rings (SSSR count). The molecule has 2 aromatic carbocycles. The van der Waals surface area contributed by atoms with Gasteiger partial charge in [0.1, 0.15) is 5.75 Å². The van der Waals surface area contributed by atoms with Crippen LogP contribution in [-0.4, -0.2) is 61.8 Å². The minimum Gasteiger partial charge on any atom is -0.494 e. The molecule has 0 aliphatic carbocycles. The number of benzene rings is 2. The lowest BCUT2D eigenvalue weighted by molar-refractivity contribution is 0.0376. The minimum absolute atomic E-state index is 0. The highest BCUT2D eigenvalue weighted by Crippen LogP contribution is 2.34. The van der Waals surface area contributed by atoms with E-state index in [1.165, 1.54) is 11.3 Å². The molecule has 0 atom stereocenters. The number of ether oxygens (including phenoxy) is 2. The molecule has 2 heterocycles. The second-order valence-corrected chi connectivity index (χ2v) is 9.15. The SMILES string of the molecule is CCOc1ccc(C(=O)N(CCCN2CCOCC2)c2nc3c(C)c(Cl)ccc3s2)cc1.Cl. The standard InChI is InChI=1S/C24H28ClN3O3S.ClH/c1-3-31-19-7-5-18(6-8-19)23(29)28(12-4-11-27-13-15-30-16-14-27)24-26-22-17(2)20(25)9-10-21(22)32-24;/h5-10H,3-4,11-16H2,1-2H3;1H. The van der Waals surface area contributed by atoms with Crippen LogP contribution in [0.4, 0.5) is 5.13 Å². The summed E-state index contributed by atoms with van der Waals surface area (Å²) in [6.45, 7) is 9.43. The zero-order chi connectivity index (χ0) is 22.5. The Morgan fingerprint density at radius 1 is 1.21 bits per heavy atom. The zero-order valence-corrected chi connectivity index (χ0v) is 21.3. The number of anilines is 1. The number of aryl methyl sites for hydroxylation is 1. The molecule has 0 radical (unpaired) electrons. The van der Waals surface area contributed by atoms with Crippen molar-refractivity contribution in [2.45, 2.75) is 20.3 Å². The van der Waals surface area contributed by atoms with Gasteiger partial charge in [0.05, 0.1) is 30.0 Å². The molecule has 1 aromatic heterocycles. The van der Waals surface area contributed by atoms with Gasteiger partial charge in [-0.1, -0.05) is 22.9 Å². The van der Waals surface area contributed by atoms with Gasteiger partial charge in [0.2, 0.25) is 0 Å². The predicted octanol–water partition coefficient (Wildman–Crippen LogP) is 5.45. The highest BCUT2D eigenvalue weighted by Gasteiger charge is 2.22. The minimum atomic E-state index is -0.0576. The maximum Gasteiger partial charge on any atom is 0.260 e. The van der Waals surface area contributed by atoms with Crippen LogP contribution in [0.2, 0.25) is 5.02 Å². The van der Waals surface area contributed by atoms with Crippen molar-refractivity contribution in [2.75, 3.05) is 50.9 Å². The van der Waals surface area contributed by atoms with Crippen molar-refractivity contribution in [3.05, 3.63) is 52.5 Å². The summed E-state index contributed by atoms with van der Waals surface area (Å²) in [6, 6.07) is 11.2. The summed E-state index contributed by atoms with van der Waals surface area (Å²) in [6.07, 6.45) is 0.860. The Bertz CT molecular complexity index is 1070. The molecular weight excluding hydrogens is 481 g/mol. The molecule has 0 spiro atoms. The van der Waals surface area contributed by atoms with E-state index in [4.69, 9.17) is 26.1 Å². The van der Waals surface area contributed by atoms with Gasteiger partial charge in [-0.05, 0) is 62.2 Å². The number of hydrogen-bond acceptors (Lipinski definition) is 6. The number of aromatic nitrogens is 1. The first kappa shape index (κ1) is 25.7. The van der Waals surface area contributed by atoms with Gasteiger partial charge in [-0.3, -0.25) is 14.6 Å². The van der Waals surface area contributed by atoms with Crippen molar-refractivity contribution < 1.29 is 14.3 Å². The predicted molar refractivity (Wildman–Crippen MR) is 138 cm³/mol. The lowest BCUT2D eigenvalue weighted by Gasteiger charge is -2.27. The van der Waals surface area contributed by atoms with Gasteiger partial charge >= 0.3 is 0 Å². The smallest absolute Gasteiger partial charge is 0.260 e. The molecule has 6 nitrogen and oxygen atoms in total. The largest absolute Gasteiger partial charge is 0.494 e. The number of nitrogens with zero attached hydrogens (tertiary/aromatic N) is 3. The van der Waals surface area contributed by atoms with E-state index in [9.17, 15) is 4.79 Å². The van der Waals surface area contributed by atoms with Gasteiger partial charge in [0, 0.05) is 36.8 Å². The number of fused-ring (bicyclic) bond motifs is 1. The summed E-state index contributed by atoms with van der Waals surface area (Å²) in [5, 5.41) is 1.39. The van der Waals surface area contributed by atoms with Crippen LogP contribution >= 0.6 is 35.3 Å². The molecule has 1 fully saturated rings. The van der Waals surface area contributed by atoms with E-state index < -0.39 is 0 Å². The molecule has 0 bridgehead atoms. The lowest BCUT2D eigenvalue weighted by Crippen LogP contribution is -2.39. The van der Waals surface area contributed by atoms with Crippen LogP contribution < -0.4 is 9.64 Å². The van der Waals surface area contributed by atoms with E-state index >= 15 is 0 Å². The number of rotatable bonds is 8. The van der Waals surface area contributed by atoms with Gasteiger partial charge < -0.3 is 9.47 Å². The third-order valence-corrected chi connectivity index (χ3v) is 7.04. The highest BCUT2D eigenvalue weighted by molar-refractivity contribution is 7.22. The van der Waals surface area contributed by atoms with Gasteiger partial charge in [-0.25, -0.2) is 4.98 Å². The molecule has 33 heavy (non-hydrogen) atoms. The molecule has 1 aliphatic rings. The molecule has 9 heteroatoms. The Hall–Kier alpha value is -1.90. The number of carbonyl (C=O) groups is 1. The van der Waals surface area contributed by atoms with E-state index in [2.05, 4.69) is 4.90 Å². The Morgan fingerprint density at radius 3 is 2.64 bits per heavy atom. The summed E-state index contributed by atoms with van der Waals surface area (Å²) in [5.74, 6) is 0.700. The fraction of sp³-hybridized carbons (Fsp3) is 0.417. The number of halogens is 2. The molecule has 178 valence electrons. The lowest BCUT2D eigenvalue weighted by atomic mass is 10.2. The quantitative estimate of drug-likeness (QED) is 0.404. The first-order valence-corrected chi connectivity index (χ1v) is 12.2. The third kappa shape index (κ3) is 6.16.